The number of rotatable bonds is 10. The molecule has 6 nitrogen and oxygen atoms in total. The maximum Gasteiger partial charge on any atom is 0.120 e. The Kier molecular flexibility index (Phi) is 26.2. The predicted octanol–water partition coefficient (Wildman–Crippen LogP) is 11.4. The molecule has 0 saturated carbocycles. The number of benzene rings is 3. The summed E-state index contributed by atoms with van der Waals surface area (Å²) in [6, 6.07) is 16.9. The molecule has 5 rings (SSSR count). The third-order valence-electron chi connectivity index (χ3n) is 7.38. The van der Waals surface area contributed by atoms with E-state index >= 15 is 0 Å². The van der Waals surface area contributed by atoms with Crippen LogP contribution in [0, 0.1) is 22.7 Å². The molecule has 0 amide bonds. The van der Waals surface area contributed by atoms with Gasteiger partial charge in [0.05, 0.1) is 24.3 Å². The summed E-state index contributed by atoms with van der Waals surface area (Å²) >= 11 is 0. The van der Waals surface area contributed by atoms with Gasteiger partial charge in [0.2, 0.25) is 0 Å². The van der Waals surface area contributed by atoms with Crippen LogP contribution in [0.25, 0.3) is 22.3 Å². The second kappa shape index (κ2) is 27.5. The van der Waals surface area contributed by atoms with E-state index < -0.39 is 0 Å². The molecule has 0 spiro atoms. The number of carbonyl (C=O) groups excluding carboxylic acids is 2. The number of aldehydes is 2. The second-order valence-corrected chi connectivity index (χ2v) is 9.63. The summed E-state index contributed by atoms with van der Waals surface area (Å²) in [7, 11) is 0. The zero-order chi connectivity index (χ0) is 36.5. The SMILES string of the molecule is C.CC.CC.CC.CC.CC.N#Cc1c(C#N)c2c(c3c1CCc1cc(OCCCC=O)ccc1-3)-c1ccc(OCCCC=O)cc1CC2. The average molecular weight is 671 g/mol. The topological polar surface area (TPSA) is 100 Å². The van der Waals surface area contributed by atoms with Gasteiger partial charge in [-0.25, -0.2) is 0 Å². The molecule has 49 heavy (non-hydrogen) atoms. The van der Waals surface area contributed by atoms with Gasteiger partial charge in [0.15, 0.2) is 0 Å². The zero-order valence-electron chi connectivity index (χ0n) is 31.2. The Balaban J connectivity index is 0. The maximum atomic E-state index is 10.6. The molecule has 0 atom stereocenters. The Hall–Kier alpha value is -4.42. The Morgan fingerprint density at radius 1 is 0.592 bits per heavy atom. The third kappa shape index (κ3) is 11.9. The summed E-state index contributed by atoms with van der Waals surface area (Å²) in [5.41, 5.74) is 9.44. The maximum absolute atomic E-state index is 10.6. The summed E-state index contributed by atoms with van der Waals surface area (Å²) in [6.07, 6.45) is 6.99. The van der Waals surface area contributed by atoms with Gasteiger partial charge in [-0.3, -0.25) is 0 Å². The first-order valence-corrected chi connectivity index (χ1v) is 18.1. The number of ether oxygens (including phenoxy) is 2. The fraction of sp³-hybridized carbons (Fsp3) is 0.488. The summed E-state index contributed by atoms with van der Waals surface area (Å²) in [5, 5.41) is 20.2. The van der Waals surface area contributed by atoms with Gasteiger partial charge in [-0.2, -0.15) is 10.5 Å². The molecular weight excluding hydrogens is 608 g/mol. The largest absolute Gasteiger partial charge is 0.494 e. The van der Waals surface area contributed by atoms with Gasteiger partial charge in [-0.05, 0) is 107 Å². The van der Waals surface area contributed by atoms with Crippen molar-refractivity contribution in [1.29, 1.82) is 10.5 Å². The van der Waals surface area contributed by atoms with Gasteiger partial charge in [0, 0.05) is 12.8 Å². The quantitative estimate of drug-likeness (QED) is 0.157. The van der Waals surface area contributed by atoms with Gasteiger partial charge in [-0.1, -0.05) is 88.8 Å². The van der Waals surface area contributed by atoms with Gasteiger partial charge in [0.1, 0.15) is 36.2 Å². The fourth-order valence-corrected chi connectivity index (χ4v) is 5.65. The molecule has 2 aliphatic carbocycles. The summed E-state index contributed by atoms with van der Waals surface area (Å²) in [6.45, 7) is 21.0. The molecule has 0 N–H and O–H groups in total. The number of hydrogen-bond donors (Lipinski definition) is 0. The molecule has 0 bridgehead atoms. The number of hydrogen-bond acceptors (Lipinski definition) is 6. The van der Waals surface area contributed by atoms with Crippen molar-refractivity contribution in [3.63, 3.8) is 0 Å². The number of fused-ring (bicyclic) bond motifs is 7. The summed E-state index contributed by atoms with van der Waals surface area (Å²) < 4.78 is 11.8. The van der Waals surface area contributed by atoms with Crippen molar-refractivity contribution in [1.82, 2.24) is 0 Å². The lowest BCUT2D eigenvalue weighted by Gasteiger charge is -2.31. The smallest absolute Gasteiger partial charge is 0.120 e. The first-order chi connectivity index (χ1) is 23.7. The number of carbonyl (C=O) groups is 2. The Bertz CT molecular complexity index is 1380. The van der Waals surface area contributed by atoms with Crippen LogP contribution in [0.2, 0.25) is 0 Å². The molecule has 0 heterocycles. The summed E-state index contributed by atoms with van der Waals surface area (Å²) in [5.74, 6) is 1.55. The van der Waals surface area contributed by atoms with Crippen LogP contribution in [-0.2, 0) is 35.3 Å². The van der Waals surface area contributed by atoms with Crippen LogP contribution in [-0.4, -0.2) is 25.8 Å². The minimum absolute atomic E-state index is 0. The van der Waals surface area contributed by atoms with E-state index in [-0.39, 0.29) is 7.43 Å². The van der Waals surface area contributed by atoms with Crippen LogP contribution in [0.15, 0.2) is 36.4 Å². The fourth-order valence-electron chi connectivity index (χ4n) is 5.65. The van der Waals surface area contributed by atoms with Gasteiger partial charge >= 0.3 is 0 Å². The van der Waals surface area contributed by atoms with E-state index in [9.17, 15) is 20.1 Å². The lowest BCUT2D eigenvalue weighted by atomic mass is 9.72. The van der Waals surface area contributed by atoms with E-state index in [1.54, 1.807) is 0 Å². The standard InChI is InChI=1S/C32H28N2O4.5C2H6.CH4/c33-19-29-27-9-5-21-17-23(37-15-3-1-13-35)7-11-25(21)31(27)32-26-12-8-24(38-16-4-2-14-36)18-22(26)6-10-28(32)30(29)20-34;5*1-2;/h7-8,11-14,17-18H,1-6,9-10,15-16H2;5*1-2H3;1H4. The van der Waals surface area contributed by atoms with Crippen LogP contribution >= 0.6 is 0 Å². The number of aryl methyl sites for hydroxylation is 2. The number of nitrogens with zero attached hydrogens (tertiary/aromatic N) is 2. The molecular formula is C43H62N2O4. The first-order valence-electron chi connectivity index (χ1n) is 18.1. The van der Waals surface area contributed by atoms with Crippen molar-refractivity contribution in [2.45, 2.75) is 128 Å². The molecule has 0 radical (unpaired) electrons. The first kappa shape index (κ1) is 46.7. The Morgan fingerprint density at radius 2 is 0.939 bits per heavy atom. The Morgan fingerprint density at radius 3 is 1.24 bits per heavy atom. The van der Waals surface area contributed by atoms with E-state index in [0.717, 1.165) is 81.4 Å². The monoisotopic (exact) mass is 670 g/mol. The van der Waals surface area contributed by atoms with Crippen molar-refractivity contribution < 1.29 is 19.1 Å². The van der Waals surface area contributed by atoms with Crippen molar-refractivity contribution in [3.8, 4) is 45.9 Å². The molecule has 0 aliphatic heterocycles. The van der Waals surface area contributed by atoms with Crippen LogP contribution in [0.5, 0.6) is 11.5 Å². The minimum atomic E-state index is 0. The van der Waals surface area contributed by atoms with Gasteiger partial charge in [-0.15, -0.1) is 0 Å². The summed E-state index contributed by atoms with van der Waals surface area (Å²) in [4.78, 5) is 21.2. The van der Waals surface area contributed by atoms with Crippen LogP contribution in [0.4, 0.5) is 0 Å². The molecule has 0 unspecified atom stereocenters. The highest BCUT2D eigenvalue weighted by Crippen LogP contribution is 2.49. The van der Waals surface area contributed by atoms with Gasteiger partial charge < -0.3 is 19.1 Å². The highest BCUT2D eigenvalue weighted by molar-refractivity contribution is 5.95. The van der Waals surface area contributed by atoms with Crippen molar-refractivity contribution >= 4 is 12.6 Å². The molecule has 2 aliphatic rings. The molecule has 0 fully saturated rings. The van der Waals surface area contributed by atoms with Crippen molar-refractivity contribution in [2.24, 2.45) is 0 Å². The molecule has 268 valence electrons. The lowest BCUT2D eigenvalue weighted by molar-refractivity contribution is -0.108. The highest BCUT2D eigenvalue weighted by atomic mass is 16.5. The third-order valence-corrected chi connectivity index (χ3v) is 7.38. The van der Waals surface area contributed by atoms with Crippen molar-refractivity contribution in [3.05, 3.63) is 69.8 Å². The molecule has 0 saturated heterocycles. The molecule has 6 heteroatoms. The molecule has 0 aromatic heterocycles. The number of unbranched alkanes of at least 4 members (excludes halogenated alkanes) is 2. The predicted molar refractivity (Wildman–Crippen MR) is 207 cm³/mol. The minimum Gasteiger partial charge on any atom is -0.494 e. The van der Waals surface area contributed by atoms with Crippen LogP contribution in [0.3, 0.4) is 0 Å². The molecule has 3 aromatic carbocycles. The van der Waals surface area contributed by atoms with E-state index in [4.69, 9.17) is 9.47 Å². The van der Waals surface area contributed by atoms with Crippen molar-refractivity contribution in [2.75, 3.05) is 13.2 Å². The average Bonchev–Trinajstić information content (AvgIpc) is 3.17. The van der Waals surface area contributed by atoms with Crippen LogP contribution in [0.1, 0.15) is 136 Å². The molecule has 3 aromatic rings. The lowest BCUT2D eigenvalue weighted by Crippen LogP contribution is -2.16. The Labute approximate surface area is 298 Å². The van der Waals surface area contributed by atoms with E-state index in [1.807, 2.05) is 81.4 Å². The van der Waals surface area contributed by atoms with Gasteiger partial charge in [0.25, 0.3) is 0 Å². The zero-order valence-corrected chi connectivity index (χ0v) is 31.2. The number of nitriles is 2. The van der Waals surface area contributed by atoms with E-state index in [2.05, 4.69) is 36.4 Å². The van der Waals surface area contributed by atoms with E-state index in [0.29, 0.717) is 62.9 Å². The van der Waals surface area contributed by atoms with Crippen LogP contribution < -0.4 is 9.47 Å². The highest BCUT2D eigenvalue weighted by Gasteiger charge is 2.32. The van der Waals surface area contributed by atoms with E-state index in [1.165, 1.54) is 0 Å². The normalized spacial score (nSPS) is 10.4. The second-order valence-electron chi connectivity index (χ2n) is 9.63.